The third-order valence-corrected chi connectivity index (χ3v) is 3.25. The first-order valence-electron chi connectivity index (χ1n) is 6.53. The molecule has 0 aliphatic heterocycles. The van der Waals surface area contributed by atoms with Crippen LogP contribution in [0.1, 0.15) is 22.8 Å². The Labute approximate surface area is 123 Å². The predicted molar refractivity (Wildman–Crippen MR) is 77.3 cm³/mol. The Morgan fingerprint density at radius 1 is 1.33 bits per heavy atom. The molecule has 4 nitrogen and oxygen atoms in total. The minimum absolute atomic E-state index is 0.0386. The van der Waals surface area contributed by atoms with Gasteiger partial charge in [0.25, 0.3) is 5.91 Å². The normalized spacial score (nSPS) is 13.5. The van der Waals surface area contributed by atoms with Gasteiger partial charge in [-0.2, -0.15) is 0 Å². The van der Waals surface area contributed by atoms with Crippen molar-refractivity contribution in [3.8, 4) is 0 Å². The number of carbonyl (C=O) groups is 1. The maximum atomic E-state index is 13.6. The van der Waals surface area contributed by atoms with E-state index in [1.54, 1.807) is 7.11 Å². The number of pyridine rings is 1. The molecule has 0 fully saturated rings. The van der Waals surface area contributed by atoms with Gasteiger partial charge in [0.15, 0.2) is 5.82 Å². The standard InChI is InChI=1S/C16H17FN2O2/c1-16(11-21-2,12-6-4-3-5-7-12)19-15(20)13-8-9-18-10-14(13)17/h3-10H,11H2,1-2H3,(H,19,20)/t16-/m1/s1. The van der Waals surface area contributed by atoms with Crippen LogP contribution in [0.25, 0.3) is 0 Å². The molecule has 0 saturated carbocycles. The van der Waals surface area contributed by atoms with E-state index in [4.69, 9.17) is 4.74 Å². The second-order valence-electron chi connectivity index (χ2n) is 4.94. The molecule has 2 rings (SSSR count). The van der Waals surface area contributed by atoms with Crippen molar-refractivity contribution in [2.45, 2.75) is 12.5 Å². The number of methoxy groups -OCH3 is 1. The topological polar surface area (TPSA) is 51.2 Å². The zero-order chi connectivity index (χ0) is 15.3. The summed E-state index contributed by atoms with van der Waals surface area (Å²) in [5, 5.41) is 2.84. The molecule has 1 N–H and O–H groups in total. The van der Waals surface area contributed by atoms with Gasteiger partial charge in [0.1, 0.15) is 0 Å². The van der Waals surface area contributed by atoms with E-state index in [-0.39, 0.29) is 12.2 Å². The fourth-order valence-electron chi connectivity index (χ4n) is 2.16. The maximum absolute atomic E-state index is 13.6. The van der Waals surface area contributed by atoms with Crippen molar-refractivity contribution in [2.24, 2.45) is 0 Å². The summed E-state index contributed by atoms with van der Waals surface area (Å²) in [5.41, 5.74) is 0.0981. The number of nitrogens with zero attached hydrogens (tertiary/aromatic N) is 1. The molecule has 110 valence electrons. The van der Waals surface area contributed by atoms with Crippen LogP contribution in [0.15, 0.2) is 48.8 Å². The monoisotopic (exact) mass is 288 g/mol. The lowest BCUT2D eigenvalue weighted by molar-refractivity contribution is 0.0782. The average molecular weight is 288 g/mol. The minimum Gasteiger partial charge on any atom is -0.382 e. The molecule has 0 bridgehead atoms. The zero-order valence-electron chi connectivity index (χ0n) is 12.0. The van der Waals surface area contributed by atoms with E-state index < -0.39 is 17.3 Å². The SMILES string of the molecule is COC[C@@](C)(NC(=O)c1ccncc1F)c1ccccc1. The highest BCUT2D eigenvalue weighted by Gasteiger charge is 2.29. The molecule has 2 aromatic rings. The van der Waals surface area contributed by atoms with E-state index >= 15 is 0 Å². The zero-order valence-corrected chi connectivity index (χ0v) is 12.0. The van der Waals surface area contributed by atoms with Crippen molar-refractivity contribution in [3.63, 3.8) is 0 Å². The number of ether oxygens (including phenoxy) is 1. The van der Waals surface area contributed by atoms with Gasteiger partial charge < -0.3 is 10.1 Å². The molecule has 0 spiro atoms. The molecule has 1 aromatic carbocycles. The first-order valence-corrected chi connectivity index (χ1v) is 6.53. The van der Waals surface area contributed by atoms with Gasteiger partial charge >= 0.3 is 0 Å². The van der Waals surface area contributed by atoms with E-state index in [9.17, 15) is 9.18 Å². The Balaban J connectivity index is 2.29. The van der Waals surface area contributed by atoms with Gasteiger partial charge in [0.05, 0.1) is 23.9 Å². The largest absolute Gasteiger partial charge is 0.382 e. The number of hydrogen-bond acceptors (Lipinski definition) is 3. The van der Waals surface area contributed by atoms with Crippen molar-refractivity contribution in [3.05, 3.63) is 65.7 Å². The third-order valence-electron chi connectivity index (χ3n) is 3.25. The first-order chi connectivity index (χ1) is 10.1. The maximum Gasteiger partial charge on any atom is 0.255 e. The van der Waals surface area contributed by atoms with Crippen LogP contribution >= 0.6 is 0 Å². The molecule has 21 heavy (non-hydrogen) atoms. The number of amides is 1. The molecule has 0 unspecified atom stereocenters. The number of aromatic nitrogens is 1. The lowest BCUT2D eigenvalue weighted by Gasteiger charge is -2.30. The second-order valence-corrected chi connectivity index (χ2v) is 4.94. The summed E-state index contributed by atoms with van der Waals surface area (Å²) in [6, 6.07) is 10.8. The molecule has 5 heteroatoms. The van der Waals surface area contributed by atoms with Crippen molar-refractivity contribution < 1.29 is 13.9 Å². The first kappa shape index (κ1) is 15.1. The Bertz CT molecular complexity index is 619. The minimum atomic E-state index is -0.747. The van der Waals surface area contributed by atoms with Crippen LogP contribution in [-0.4, -0.2) is 24.6 Å². The molecular formula is C16H17FN2O2. The van der Waals surface area contributed by atoms with Crippen LogP contribution in [0.3, 0.4) is 0 Å². The number of benzene rings is 1. The van der Waals surface area contributed by atoms with Gasteiger partial charge in [-0.25, -0.2) is 4.39 Å². The highest BCUT2D eigenvalue weighted by Crippen LogP contribution is 2.22. The van der Waals surface area contributed by atoms with Crippen molar-refractivity contribution in [1.29, 1.82) is 0 Å². The smallest absolute Gasteiger partial charge is 0.255 e. The Kier molecular flexibility index (Phi) is 4.65. The van der Waals surface area contributed by atoms with E-state index in [2.05, 4.69) is 10.3 Å². The number of rotatable bonds is 5. The molecular weight excluding hydrogens is 271 g/mol. The quantitative estimate of drug-likeness (QED) is 0.919. The van der Waals surface area contributed by atoms with Crippen LogP contribution in [0, 0.1) is 5.82 Å². The molecule has 1 atom stereocenters. The Hall–Kier alpha value is -2.27. The van der Waals surface area contributed by atoms with E-state index in [0.717, 1.165) is 11.8 Å². The van der Waals surface area contributed by atoms with Crippen molar-refractivity contribution in [2.75, 3.05) is 13.7 Å². The van der Waals surface area contributed by atoms with Gasteiger partial charge in [-0.15, -0.1) is 0 Å². The van der Waals surface area contributed by atoms with Crippen LogP contribution in [0.2, 0.25) is 0 Å². The Morgan fingerprint density at radius 2 is 2.05 bits per heavy atom. The van der Waals surface area contributed by atoms with E-state index in [1.165, 1.54) is 12.3 Å². The summed E-state index contributed by atoms with van der Waals surface area (Å²) in [4.78, 5) is 15.9. The van der Waals surface area contributed by atoms with Gasteiger partial charge in [-0.3, -0.25) is 9.78 Å². The lowest BCUT2D eigenvalue weighted by Crippen LogP contribution is -2.47. The second kappa shape index (κ2) is 6.45. The van der Waals surface area contributed by atoms with E-state index in [0.29, 0.717) is 0 Å². The van der Waals surface area contributed by atoms with Crippen LogP contribution in [-0.2, 0) is 10.3 Å². The number of nitrogens with one attached hydrogen (secondary N) is 1. The van der Waals surface area contributed by atoms with Crippen molar-refractivity contribution >= 4 is 5.91 Å². The summed E-state index contributed by atoms with van der Waals surface area (Å²) in [6.45, 7) is 2.11. The number of halogens is 1. The summed E-state index contributed by atoms with van der Waals surface area (Å²) >= 11 is 0. The summed E-state index contributed by atoms with van der Waals surface area (Å²) in [6.07, 6.45) is 2.40. The van der Waals surface area contributed by atoms with Gasteiger partial charge in [0.2, 0.25) is 0 Å². The number of carbonyl (C=O) groups excluding carboxylic acids is 1. The molecule has 1 aromatic heterocycles. The van der Waals surface area contributed by atoms with Gasteiger partial charge in [-0.1, -0.05) is 30.3 Å². The van der Waals surface area contributed by atoms with Gasteiger partial charge in [-0.05, 0) is 18.6 Å². The molecule has 0 saturated heterocycles. The summed E-state index contributed by atoms with van der Waals surface area (Å²) in [7, 11) is 1.56. The van der Waals surface area contributed by atoms with Crippen LogP contribution < -0.4 is 5.32 Å². The third kappa shape index (κ3) is 3.44. The van der Waals surface area contributed by atoms with Gasteiger partial charge in [0, 0.05) is 13.3 Å². The Morgan fingerprint density at radius 3 is 2.67 bits per heavy atom. The molecule has 1 amide bonds. The van der Waals surface area contributed by atoms with Crippen LogP contribution in [0.4, 0.5) is 4.39 Å². The predicted octanol–water partition coefficient (Wildman–Crippen LogP) is 2.51. The van der Waals surface area contributed by atoms with Crippen LogP contribution in [0.5, 0.6) is 0 Å². The summed E-state index contributed by atoms with van der Waals surface area (Å²) in [5.74, 6) is -1.15. The molecule has 0 aliphatic carbocycles. The molecule has 1 heterocycles. The highest BCUT2D eigenvalue weighted by atomic mass is 19.1. The van der Waals surface area contributed by atoms with E-state index in [1.807, 2.05) is 37.3 Å². The summed E-state index contributed by atoms with van der Waals surface area (Å²) < 4.78 is 18.9. The fourth-order valence-corrected chi connectivity index (χ4v) is 2.16. The average Bonchev–Trinajstić information content (AvgIpc) is 2.48. The molecule has 0 radical (unpaired) electrons. The van der Waals surface area contributed by atoms with Crippen molar-refractivity contribution in [1.82, 2.24) is 10.3 Å². The highest BCUT2D eigenvalue weighted by molar-refractivity contribution is 5.94. The molecule has 0 aliphatic rings. The number of hydrogen-bond donors (Lipinski definition) is 1. The lowest BCUT2D eigenvalue weighted by atomic mass is 9.92. The fraction of sp³-hybridized carbons (Fsp3) is 0.250.